The molecule has 2 aromatic carbocycles. The summed E-state index contributed by atoms with van der Waals surface area (Å²) in [5, 5.41) is 0.486. The summed E-state index contributed by atoms with van der Waals surface area (Å²) in [6.07, 6.45) is 0. The Hall–Kier alpha value is -2.42. The second kappa shape index (κ2) is 8.31. The van der Waals surface area contributed by atoms with Crippen molar-refractivity contribution in [3.05, 3.63) is 64.2 Å². The molecule has 0 spiro atoms. The first-order valence-corrected chi connectivity index (χ1v) is 9.57. The van der Waals surface area contributed by atoms with E-state index in [0.29, 0.717) is 16.1 Å². The summed E-state index contributed by atoms with van der Waals surface area (Å²) in [6, 6.07) is 10.3. The van der Waals surface area contributed by atoms with E-state index in [-0.39, 0.29) is 17.0 Å². The molecule has 0 fully saturated rings. The highest BCUT2D eigenvalue weighted by molar-refractivity contribution is 7.89. The molecule has 7 nitrogen and oxygen atoms in total. The summed E-state index contributed by atoms with van der Waals surface area (Å²) in [5.74, 6) is -1.15. The lowest BCUT2D eigenvalue weighted by Crippen LogP contribution is -2.42. The van der Waals surface area contributed by atoms with Crippen LogP contribution in [-0.4, -0.2) is 26.8 Å². The molecule has 9 heteroatoms. The van der Waals surface area contributed by atoms with Crippen LogP contribution >= 0.6 is 11.6 Å². The summed E-state index contributed by atoms with van der Waals surface area (Å²) in [7, 11) is -3.69. The van der Waals surface area contributed by atoms with Gasteiger partial charge in [0.15, 0.2) is 0 Å². The lowest BCUT2D eigenvalue weighted by molar-refractivity contribution is 0.0846. The number of aryl methyl sites for hydroxylation is 1. The van der Waals surface area contributed by atoms with Crippen molar-refractivity contribution in [3.8, 4) is 0 Å². The van der Waals surface area contributed by atoms with Crippen LogP contribution in [0.15, 0.2) is 47.4 Å². The molecule has 2 amide bonds. The van der Waals surface area contributed by atoms with Gasteiger partial charge in [0, 0.05) is 22.7 Å². The van der Waals surface area contributed by atoms with E-state index in [4.69, 9.17) is 11.6 Å². The fourth-order valence-electron chi connectivity index (χ4n) is 2.14. The van der Waals surface area contributed by atoms with Gasteiger partial charge in [-0.05, 0) is 48.9 Å². The third-order valence-electron chi connectivity index (χ3n) is 3.49. The maximum Gasteiger partial charge on any atom is 0.270 e. The van der Waals surface area contributed by atoms with Gasteiger partial charge >= 0.3 is 0 Å². The number of rotatable bonds is 5. The monoisotopic (exact) mass is 395 g/mol. The number of carbonyl (C=O) groups is 2. The molecular formula is C17H18ClN3O4S. The van der Waals surface area contributed by atoms with Crippen LogP contribution in [0.4, 0.5) is 0 Å². The van der Waals surface area contributed by atoms with Crippen LogP contribution in [0.3, 0.4) is 0 Å². The van der Waals surface area contributed by atoms with Gasteiger partial charge in [0.25, 0.3) is 11.8 Å². The van der Waals surface area contributed by atoms with Gasteiger partial charge < -0.3 is 0 Å². The number of sulfonamides is 1. The Morgan fingerprint density at radius 2 is 1.62 bits per heavy atom. The highest BCUT2D eigenvalue weighted by Gasteiger charge is 2.17. The highest BCUT2D eigenvalue weighted by Crippen LogP contribution is 2.15. The molecule has 0 saturated carbocycles. The molecule has 0 aliphatic heterocycles. The van der Waals surface area contributed by atoms with Gasteiger partial charge in [0.1, 0.15) is 0 Å². The van der Waals surface area contributed by atoms with Crippen molar-refractivity contribution in [3.63, 3.8) is 0 Å². The van der Waals surface area contributed by atoms with Crippen LogP contribution < -0.4 is 15.6 Å². The Labute approximate surface area is 156 Å². The van der Waals surface area contributed by atoms with Crippen LogP contribution in [0.25, 0.3) is 0 Å². The van der Waals surface area contributed by atoms with E-state index in [1.54, 1.807) is 26.0 Å². The molecule has 0 saturated heterocycles. The summed E-state index contributed by atoms with van der Waals surface area (Å²) in [6.45, 7) is 3.56. The Balaban J connectivity index is 2.14. The first-order valence-electron chi connectivity index (χ1n) is 7.71. The number of hydrogen-bond donors (Lipinski definition) is 3. The number of amides is 2. The quantitative estimate of drug-likeness (QED) is 0.673. The van der Waals surface area contributed by atoms with Crippen LogP contribution in [0.5, 0.6) is 0 Å². The van der Waals surface area contributed by atoms with E-state index < -0.39 is 21.8 Å². The zero-order chi connectivity index (χ0) is 19.3. The van der Waals surface area contributed by atoms with Gasteiger partial charge in [0.2, 0.25) is 10.0 Å². The predicted molar refractivity (Wildman–Crippen MR) is 98.4 cm³/mol. The van der Waals surface area contributed by atoms with E-state index >= 15 is 0 Å². The van der Waals surface area contributed by atoms with Crippen molar-refractivity contribution in [2.45, 2.75) is 18.7 Å². The minimum Gasteiger partial charge on any atom is -0.267 e. The fourth-order valence-corrected chi connectivity index (χ4v) is 3.33. The van der Waals surface area contributed by atoms with E-state index in [9.17, 15) is 18.0 Å². The van der Waals surface area contributed by atoms with Crippen molar-refractivity contribution >= 4 is 33.4 Å². The van der Waals surface area contributed by atoms with Crippen LogP contribution in [0.2, 0.25) is 5.02 Å². The molecule has 0 radical (unpaired) electrons. The van der Waals surface area contributed by atoms with Crippen LogP contribution in [0.1, 0.15) is 33.2 Å². The molecule has 0 atom stereocenters. The highest BCUT2D eigenvalue weighted by atomic mass is 35.5. The van der Waals surface area contributed by atoms with Gasteiger partial charge in [0.05, 0.1) is 4.90 Å². The molecular weight excluding hydrogens is 378 g/mol. The molecule has 0 aliphatic carbocycles. The predicted octanol–water partition coefficient (Wildman–Crippen LogP) is 2.02. The van der Waals surface area contributed by atoms with E-state index in [0.717, 1.165) is 0 Å². The molecule has 2 aromatic rings. The Morgan fingerprint density at radius 1 is 1.00 bits per heavy atom. The number of benzene rings is 2. The molecule has 0 aromatic heterocycles. The van der Waals surface area contributed by atoms with Crippen molar-refractivity contribution < 1.29 is 18.0 Å². The summed E-state index contributed by atoms with van der Waals surface area (Å²) in [5.41, 5.74) is 5.58. The van der Waals surface area contributed by atoms with Crippen molar-refractivity contribution in [1.29, 1.82) is 0 Å². The minimum absolute atomic E-state index is 0.0286. The first-order chi connectivity index (χ1) is 12.2. The smallest absolute Gasteiger partial charge is 0.267 e. The number of hydrazine groups is 1. The van der Waals surface area contributed by atoms with E-state index in [2.05, 4.69) is 15.6 Å². The molecule has 138 valence electrons. The van der Waals surface area contributed by atoms with Crippen molar-refractivity contribution in [1.82, 2.24) is 15.6 Å². The maximum atomic E-state index is 12.3. The average Bonchev–Trinajstić information content (AvgIpc) is 2.60. The number of hydrogen-bond acceptors (Lipinski definition) is 4. The normalized spacial score (nSPS) is 11.0. The molecule has 0 heterocycles. The van der Waals surface area contributed by atoms with Crippen LogP contribution in [0, 0.1) is 6.92 Å². The van der Waals surface area contributed by atoms with Crippen LogP contribution in [-0.2, 0) is 10.0 Å². The molecule has 2 rings (SSSR count). The topological polar surface area (TPSA) is 104 Å². The van der Waals surface area contributed by atoms with Crippen molar-refractivity contribution in [2.24, 2.45) is 0 Å². The second-order valence-electron chi connectivity index (χ2n) is 5.39. The third kappa shape index (κ3) is 4.81. The van der Waals surface area contributed by atoms with E-state index in [1.165, 1.54) is 30.3 Å². The summed E-state index contributed by atoms with van der Waals surface area (Å²) >= 11 is 5.76. The van der Waals surface area contributed by atoms with Gasteiger partial charge in [-0.25, -0.2) is 13.1 Å². The fraction of sp³-hybridized carbons (Fsp3) is 0.176. The zero-order valence-corrected chi connectivity index (χ0v) is 15.7. The third-order valence-corrected chi connectivity index (χ3v) is 5.29. The minimum atomic E-state index is -3.69. The molecule has 0 unspecified atom stereocenters. The number of halogens is 1. The Morgan fingerprint density at radius 3 is 2.23 bits per heavy atom. The lowest BCUT2D eigenvalue weighted by atomic mass is 10.1. The molecule has 3 N–H and O–H groups in total. The SMILES string of the molecule is CCNS(=O)(=O)c1ccc(C)c(C(=O)NNC(=O)c2ccc(Cl)cc2)c1. The maximum absolute atomic E-state index is 12.3. The molecule has 0 bridgehead atoms. The summed E-state index contributed by atoms with van der Waals surface area (Å²) in [4.78, 5) is 24.3. The second-order valence-corrected chi connectivity index (χ2v) is 7.60. The van der Waals surface area contributed by atoms with Gasteiger partial charge in [-0.2, -0.15) is 0 Å². The Bertz CT molecular complexity index is 928. The van der Waals surface area contributed by atoms with E-state index in [1.807, 2.05) is 0 Å². The summed E-state index contributed by atoms with van der Waals surface area (Å²) < 4.78 is 26.5. The molecule has 26 heavy (non-hydrogen) atoms. The number of nitrogens with one attached hydrogen (secondary N) is 3. The largest absolute Gasteiger partial charge is 0.270 e. The zero-order valence-electron chi connectivity index (χ0n) is 14.2. The standard InChI is InChI=1S/C17H18ClN3O4S/c1-3-19-26(24,25)14-9-4-11(2)15(10-14)17(23)21-20-16(22)12-5-7-13(18)8-6-12/h4-10,19H,3H2,1-2H3,(H,20,22)(H,21,23). The van der Waals surface area contributed by atoms with Gasteiger partial charge in [-0.15, -0.1) is 0 Å². The molecule has 0 aliphatic rings. The van der Waals surface area contributed by atoms with Gasteiger partial charge in [-0.1, -0.05) is 24.6 Å². The lowest BCUT2D eigenvalue weighted by Gasteiger charge is -2.11. The Kier molecular flexibility index (Phi) is 6.36. The average molecular weight is 396 g/mol. The van der Waals surface area contributed by atoms with Crippen molar-refractivity contribution in [2.75, 3.05) is 6.54 Å². The van der Waals surface area contributed by atoms with Gasteiger partial charge in [-0.3, -0.25) is 20.4 Å². The number of carbonyl (C=O) groups excluding carboxylic acids is 2. The first kappa shape index (κ1) is 19.9.